The number of methoxy groups -OCH3 is 1. The highest BCUT2D eigenvalue weighted by molar-refractivity contribution is 7.84. The van der Waals surface area contributed by atoms with Crippen molar-refractivity contribution in [2.45, 2.75) is 63.8 Å². The van der Waals surface area contributed by atoms with Gasteiger partial charge in [-0.1, -0.05) is 18.6 Å². The van der Waals surface area contributed by atoms with Gasteiger partial charge < -0.3 is 4.74 Å². The minimum absolute atomic E-state index is 0.110. The first-order chi connectivity index (χ1) is 11.2. The molecule has 0 saturated carbocycles. The highest BCUT2D eigenvalue weighted by Gasteiger charge is 2.33. The topological polar surface area (TPSA) is 41.6 Å². The minimum Gasteiger partial charge on any atom is -0.497 e. The van der Waals surface area contributed by atoms with E-state index in [1.165, 1.54) is 18.4 Å². The molecule has 0 aliphatic carbocycles. The lowest BCUT2D eigenvalue weighted by atomic mass is 9.97. The molecule has 136 valence electrons. The summed E-state index contributed by atoms with van der Waals surface area (Å²) < 4.78 is 21.0. The number of nitrogens with one attached hydrogen (secondary N) is 1. The Kier molecular flexibility index (Phi) is 6.46. The van der Waals surface area contributed by atoms with E-state index in [9.17, 15) is 4.21 Å². The molecule has 0 radical (unpaired) electrons. The van der Waals surface area contributed by atoms with Gasteiger partial charge in [0.05, 0.1) is 22.8 Å². The van der Waals surface area contributed by atoms with Gasteiger partial charge >= 0.3 is 0 Å². The van der Waals surface area contributed by atoms with E-state index in [0.717, 1.165) is 31.8 Å². The van der Waals surface area contributed by atoms with Crippen LogP contribution >= 0.6 is 0 Å². The second-order valence-electron chi connectivity index (χ2n) is 8.06. The van der Waals surface area contributed by atoms with Crippen molar-refractivity contribution in [3.63, 3.8) is 0 Å². The molecule has 1 heterocycles. The fraction of sp³-hybridized carbons (Fsp3) is 0.684. The molecule has 1 fully saturated rings. The molecule has 1 aromatic rings. The third kappa shape index (κ3) is 5.57. The number of likely N-dealkylation sites (tertiary alicyclic amines) is 1. The number of nitrogens with zero attached hydrogens (tertiary/aromatic N) is 1. The van der Waals surface area contributed by atoms with Gasteiger partial charge in [0.25, 0.3) is 0 Å². The van der Waals surface area contributed by atoms with E-state index in [4.69, 9.17) is 4.74 Å². The Bertz CT molecular complexity index is 553. The number of benzene rings is 1. The van der Waals surface area contributed by atoms with Crippen molar-refractivity contribution in [3.05, 3.63) is 29.8 Å². The van der Waals surface area contributed by atoms with Crippen LogP contribution in [0.1, 0.15) is 52.5 Å². The average molecular weight is 353 g/mol. The number of hydrogen-bond donors (Lipinski definition) is 1. The van der Waals surface area contributed by atoms with Crippen LogP contribution in [0.4, 0.5) is 0 Å². The van der Waals surface area contributed by atoms with Gasteiger partial charge in [0, 0.05) is 18.6 Å². The second-order valence-corrected chi connectivity index (χ2v) is 10.0. The van der Waals surface area contributed by atoms with E-state index in [1.807, 2.05) is 32.9 Å². The van der Waals surface area contributed by atoms with Gasteiger partial charge in [0.1, 0.15) is 5.75 Å². The van der Waals surface area contributed by atoms with E-state index in [0.29, 0.717) is 0 Å². The molecule has 0 aromatic heterocycles. The maximum Gasteiger partial charge on any atom is 0.118 e. The van der Waals surface area contributed by atoms with Crippen molar-refractivity contribution in [2.75, 3.05) is 20.2 Å². The van der Waals surface area contributed by atoms with Crippen LogP contribution in [-0.2, 0) is 17.5 Å². The summed E-state index contributed by atoms with van der Waals surface area (Å²) in [7, 11) is 0.650. The van der Waals surface area contributed by atoms with Gasteiger partial charge in [-0.25, -0.2) is 8.93 Å². The summed E-state index contributed by atoms with van der Waals surface area (Å²) in [5.74, 6) is 0.890. The molecular weight excluding hydrogens is 320 g/mol. The Labute approximate surface area is 149 Å². The second kappa shape index (κ2) is 7.98. The Balaban J connectivity index is 2.03. The van der Waals surface area contributed by atoms with Crippen molar-refractivity contribution < 1.29 is 8.95 Å². The van der Waals surface area contributed by atoms with Crippen LogP contribution in [0.25, 0.3) is 0 Å². The number of hydrogen-bond acceptors (Lipinski definition) is 3. The summed E-state index contributed by atoms with van der Waals surface area (Å²) in [6, 6.07) is 8.28. The van der Waals surface area contributed by atoms with Gasteiger partial charge in [0.2, 0.25) is 0 Å². The molecule has 2 unspecified atom stereocenters. The zero-order chi connectivity index (χ0) is 17.8. The highest BCUT2D eigenvalue weighted by atomic mass is 32.2. The molecule has 2 rings (SSSR count). The molecule has 1 aliphatic rings. The summed E-state index contributed by atoms with van der Waals surface area (Å²) in [4.78, 5) is 2.47. The SMILES string of the molecule is COc1ccc(CN2CCCCC(C)(NS(=O)C(C)(C)C)C2)cc1. The monoisotopic (exact) mass is 352 g/mol. The Morgan fingerprint density at radius 1 is 1.25 bits per heavy atom. The molecule has 1 saturated heterocycles. The Morgan fingerprint density at radius 3 is 2.50 bits per heavy atom. The number of ether oxygens (including phenoxy) is 1. The third-order valence-electron chi connectivity index (χ3n) is 4.49. The standard InChI is InChI=1S/C19H32N2O2S/c1-18(2,3)24(22)20-19(4)12-6-7-13-21(15-19)14-16-8-10-17(23-5)11-9-16/h8-11,20H,6-7,12-15H2,1-5H3. The normalized spacial score (nSPS) is 24.4. The van der Waals surface area contributed by atoms with Gasteiger partial charge in [0.15, 0.2) is 0 Å². The maximum atomic E-state index is 12.6. The van der Waals surface area contributed by atoms with Crippen molar-refractivity contribution in [3.8, 4) is 5.75 Å². The minimum atomic E-state index is -1.04. The lowest BCUT2D eigenvalue weighted by molar-refractivity contribution is 0.218. The largest absolute Gasteiger partial charge is 0.497 e. The first kappa shape index (κ1) is 19.4. The third-order valence-corrected chi connectivity index (χ3v) is 6.28. The fourth-order valence-corrected chi connectivity index (χ4v) is 4.01. The van der Waals surface area contributed by atoms with Crippen molar-refractivity contribution in [2.24, 2.45) is 0 Å². The van der Waals surface area contributed by atoms with Gasteiger partial charge in [-0.3, -0.25) is 4.90 Å². The first-order valence-electron chi connectivity index (χ1n) is 8.77. The molecule has 0 spiro atoms. The van der Waals surface area contributed by atoms with Crippen LogP contribution in [0.5, 0.6) is 5.75 Å². The lowest BCUT2D eigenvalue weighted by Gasteiger charge is -2.35. The molecule has 1 N–H and O–H groups in total. The molecular formula is C19H32N2O2S. The van der Waals surface area contributed by atoms with Crippen molar-refractivity contribution in [1.29, 1.82) is 0 Å². The lowest BCUT2D eigenvalue weighted by Crippen LogP contribution is -2.53. The molecule has 4 nitrogen and oxygen atoms in total. The predicted octanol–water partition coefficient (Wildman–Crippen LogP) is 3.49. The molecule has 2 atom stereocenters. The van der Waals surface area contributed by atoms with E-state index in [-0.39, 0.29) is 10.3 Å². The molecule has 5 heteroatoms. The molecule has 0 bridgehead atoms. The summed E-state index contributed by atoms with van der Waals surface area (Å²) >= 11 is 0. The quantitative estimate of drug-likeness (QED) is 0.882. The van der Waals surface area contributed by atoms with Gasteiger partial charge in [-0.15, -0.1) is 0 Å². The fourth-order valence-electron chi connectivity index (χ4n) is 3.09. The predicted molar refractivity (Wildman–Crippen MR) is 102 cm³/mol. The molecule has 24 heavy (non-hydrogen) atoms. The zero-order valence-corrected chi connectivity index (χ0v) is 16.5. The Hall–Kier alpha value is -0.910. The molecule has 0 amide bonds. The highest BCUT2D eigenvalue weighted by Crippen LogP contribution is 2.24. The summed E-state index contributed by atoms with van der Waals surface area (Å²) in [5.41, 5.74) is 1.18. The molecule has 1 aliphatic heterocycles. The summed E-state index contributed by atoms with van der Waals surface area (Å²) in [6.07, 6.45) is 3.42. The smallest absolute Gasteiger partial charge is 0.118 e. The summed E-state index contributed by atoms with van der Waals surface area (Å²) in [6.45, 7) is 11.2. The maximum absolute atomic E-state index is 12.6. The van der Waals surface area contributed by atoms with E-state index in [2.05, 4.69) is 28.7 Å². The first-order valence-corrected chi connectivity index (χ1v) is 9.92. The van der Waals surface area contributed by atoms with Gasteiger partial charge in [-0.2, -0.15) is 0 Å². The average Bonchev–Trinajstić information content (AvgIpc) is 2.68. The van der Waals surface area contributed by atoms with Crippen molar-refractivity contribution >= 4 is 11.0 Å². The van der Waals surface area contributed by atoms with Crippen LogP contribution in [0.15, 0.2) is 24.3 Å². The Morgan fingerprint density at radius 2 is 1.92 bits per heavy atom. The van der Waals surface area contributed by atoms with Crippen LogP contribution in [0.2, 0.25) is 0 Å². The van der Waals surface area contributed by atoms with Crippen LogP contribution in [0.3, 0.4) is 0 Å². The zero-order valence-electron chi connectivity index (χ0n) is 15.7. The van der Waals surface area contributed by atoms with E-state index >= 15 is 0 Å². The van der Waals surface area contributed by atoms with E-state index in [1.54, 1.807) is 7.11 Å². The van der Waals surface area contributed by atoms with E-state index < -0.39 is 11.0 Å². The summed E-state index contributed by atoms with van der Waals surface area (Å²) in [5, 5.41) is 0. The van der Waals surface area contributed by atoms with Crippen LogP contribution < -0.4 is 9.46 Å². The van der Waals surface area contributed by atoms with Crippen molar-refractivity contribution in [1.82, 2.24) is 9.62 Å². The van der Waals surface area contributed by atoms with Crippen LogP contribution in [-0.4, -0.2) is 39.6 Å². The number of rotatable bonds is 5. The van der Waals surface area contributed by atoms with Gasteiger partial charge in [-0.05, 0) is 64.8 Å². The van der Waals surface area contributed by atoms with Crippen LogP contribution in [0, 0.1) is 0 Å². The molecule has 1 aromatic carbocycles.